The van der Waals surface area contributed by atoms with Gasteiger partial charge in [0.2, 0.25) is 5.95 Å². The van der Waals surface area contributed by atoms with Crippen LogP contribution in [0.15, 0.2) is 6.07 Å². The van der Waals surface area contributed by atoms with Gasteiger partial charge in [-0.05, 0) is 32.8 Å². The highest BCUT2D eigenvalue weighted by molar-refractivity contribution is 5.29. The first kappa shape index (κ1) is 12.3. The zero-order valence-corrected chi connectivity index (χ0v) is 10.7. The lowest BCUT2D eigenvalue weighted by atomic mass is 10.0. The first-order chi connectivity index (χ1) is 8.15. The van der Waals surface area contributed by atoms with Crippen molar-refractivity contribution in [1.82, 2.24) is 9.97 Å². The van der Waals surface area contributed by atoms with Crippen molar-refractivity contribution in [3.63, 3.8) is 0 Å². The Labute approximate surface area is 103 Å². The van der Waals surface area contributed by atoms with Gasteiger partial charge in [0, 0.05) is 23.5 Å². The number of anilines is 1. The number of aryl methyl sites for hydroxylation is 2. The minimum atomic E-state index is 0.224. The van der Waals surface area contributed by atoms with E-state index in [1.807, 2.05) is 19.9 Å². The second-order valence-electron chi connectivity index (χ2n) is 5.03. The summed E-state index contributed by atoms with van der Waals surface area (Å²) in [6, 6.07) is 2.53. The fourth-order valence-electron chi connectivity index (χ4n) is 2.47. The first-order valence-corrected chi connectivity index (χ1v) is 6.49. The number of aromatic nitrogens is 2. The third-order valence-corrected chi connectivity index (χ3v) is 3.37. The van der Waals surface area contributed by atoms with Crippen molar-refractivity contribution >= 4 is 5.95 Å². The molecule has 4 heteroatoms. The van der Waals surface area contributed by atoms with Crippen LogP contribution in [0.25, 0.3) is 0 Å². The van der Waals surface area contributed by atoms with Gasteiger partial charge in [0.05, 0.1) is 0 Å². The third-order valence-electron chi connectivity index (χ3n) is 3.37. The van der Waals surface area contributed by atoms with Gasteiger partial charge >= 0.3 is 0 Å². The maximum atomic E-state index is 6.18. The van der Waals surface area contributed by atoms with Gasteiger partial charge in [-0.15, -0.1) is 0 Å². The molecule has 2 unspecified atom stereocenters. The molecular formula is C13H22N4. The summed E-state index contributed by atoms with van der Waals surface area (Å²) in [6.07, 6.45) is 6.00. The zero-order valence-electron chi connectivity index (χ0n) is 10.7. The summed E-state index contributed by atoms with van der Waals surface area (Å²) < 4.78 is 0. The molecule has 1 aliphatic rings. The Balaban J connectivity index is 2.07. The largest absolute Gasteiger partial charge is 0.350 e. The number of nitrogens with one attached hydrogen (secondary N) is 1. The highest BCUT2D eigenvalue weighted by atomic mass is 15.1. The summed E-state index contributed by atoms with van der Waals surface area (Å²) in [5, 5.41) is 3.41. The van der Waals surface area contributed by atoms with Gasteiger partial charge < -0.3 is 11.1 Å². The van der Waals surface area contributed by atoms with E-state index >= 15 is 0 Å². The highest BCUT2D eigenvalue weighted by Gasteiger charge is 2.20. The number of hydrogen-bond donors (Lipinski definition) is 2. The molecule has 1 saturated carbocycles. The fourth-order valence-corrected chi connectivity index (χ4v) is 2.47. The van der Waals surface area contributed by atoms with Crippen molar-refractivity contribution in [2.24, 2.45) is 5.73 Å². The van der Waals surface area contributed by atoms with Crippen LogP contribution in [-0.2, 0) is 0 Å². The Kier molecular flexibility index (Phi) is 3.94. The molecule has 2 atom stereocenters. The van der Waals surface area contributed by atoms with Crippen molar-refractivity contribution in [1.29, 1.82) is 0 Å². The molecule has 4 nitrogen and oxygen atoms in total. The summed E-state index contributed by atoms with van der Waals surface area (Å²) in [5.41, 5.74) is 8.19. The average Bonchev–Trinajstić information content (AvgIpc) is 2.43. The van der Waals surface area contributed by atoms with E-state index in [1.54, 1.807) is 0 Å². The van der Waals surface area contributed by atoms with Crippen molar-refractivity contribution in [3.05, 3.63) is 17.5 Å². The van der Waals surface area contributed by atoms with E-state index in [0.717, 1.165) is 30.2 Å². The average molecular weight is 234 g/mol. The van der Waals surface area contributed by atoms with Gasteiger partial charge in [0.25, 0.3) is 0 Å². The molecule has 0 saturated heterocycles. The zero-order chi connectivity index (χ0) is 12.3. The monoisotopic (exact) mass is 234 g/mol. The maximum Gasteiger partial charge on any atom is 0.223 e. The lowest BCUT2D eigenvalue weighted by Crippen LogP contribution is -2.39. The van der Waals surface area contributed by atoms with Crippen molar-refractivity contribution in [2.45, 2.75) is 58.0 Å². The maximum absolute atomic E-state index is 6.18. The molecule has 1 aromatic rings. The van der Waals surface area contributed by atoms with E-state index in [1.165, 1.54) is 19.3 Å². The molecule has 0 aliphatic heterocycles. The van der Waals surface area contributed by atoms with Gasteiger partial charge in [0.15, 0.2) is 0 Å². The van der Waals surface area contributed by atoms with E-state index in [4.69, 9.17) is 5.73 Å². The number of rotatable bonds is 2. The van der Waals surface area contributed by atoms with Crippen LogP contribution in [-0.4, -0.2) is 22.1 Å². The van der Waals surface area contributed by atoms with Gasteiger partial charge in [-0.3, -0.25) is 0 Å². The quantitative estimate of drug-likeness (QED) is 0.770. The molecule has 94 valence electrons. The smallest absolute Gasteiger partial charge is 0.223 e. The predicted octanol–water partition coefficient (Wildman–Crippen LogP) is 2.17. The number of nitrogens with two attached hydrogens (primary N) is 1. The lowest BCUT2D eigenvalue weighted by Gasteiger charge is -2.22. The Morgan fingerprint density at radius 1 is 1.12 bits per heavy atom. The second-order valence-corrected chi connectivity index (χ2v) is 5.03. The van der Waals surface area contributed by atoms with E-state index in [-0.39, 0.29) is 6.04 Å². The Morgan fingerprint density at radius 2 is 1.76 bits per heavy atom. The molecule has 0 spiro atoms. The summed E-state index contributed by atoms with van der Waals surface area (Å²) in [5.74, 6) is 0.727. The summed E-state index contributed by atoms with van der Waals surface area (Å²) in [6.45, 7) is 3.99. The van der Waals surface area contributed by atoms with Crippen LogP contribution in [0.1, 0.15) is 43.5 Å². The van der Waals surface area contributed by atoms with Gasteiger partial charge in [0.1, 0.15) is 0 Å². The van der Waals surface area contributed by atoms with Crippen LogP contribution in [0.4, 0.5) is 5.95 Å². The standard InChI is InChI=1S/C13H22N4/c1-9-8-10(2)16-13(15-9)17-12-7-5-3-4-6-11(12)14/h8,11-12H,3-7,14H2,1-2H3,(H,15,16,17). The number of nitrogens with zero attached hydrogens (tertiary/aromatic N) is 2. The molecule has 17 heavy (non-hydrogen) atoms. The highest BCUT2D eigenvalue weighted by Crippen LogP contribution is 2.19. The number of hydrogen-bond acceptors (Lipinski definition) is 4. The van der Waals surface area contributed by atoms with Crippen LogP contribution in [0.5, 0.6) is 0 Å². The first-order valence-electron chi connectivity index (χ1n) is 6.49. The molecule has 1 heterocycles. The van der Waals surface area contributed by atoms with Gasteiger partial charge in [-0.1, -0.05) is 19.3 Å². The molecular weight excluding hydrogens is 212 g/mol. The minimum Gasteiger partial charge on any atom is -0.350 e. The molecule has 1 aromatic heterocycles. The van der Waals surface area contributed by atoms with Gasteiger partial charge in [-0.2, -0.15) is 0 Å². The third kappa shape index (κ3) is 3.40. The Morgan fingerprint density at radius 3 is 2.47 bits per heavy atom. The van der Waals surface area contributed by atoms with E-state index in [2.05, 4.69) is 15.3 Å². The molecule has 2 rings (SSSR count). The van der Waals surface area contributed by atoms with Crippen molar-refractivity contribution in [2.75, 3.05) is 5.32 Å². The lowest BCUT2D eigenvalue weighted by molar-refractivity contribution is 0.525. The normalized spacial score (nSPS) is 25.4. The van der Waals surface area contributed by atoms with E-state index in [0.29, 0.717) is 6.04 Å². The topological polar surface area (TPSA) is 63.8 Å². The molecule has 0 aromatic carbocycles. The van der Waals surface area contributed by atoms with Crippen LogP contribution in [0, 0.1) is 13.8 Å². The summed E-state index contributed by atoms with van der Waals surface area (Å²) in [4.78, 5) is 8.83. The van der Waals surface area contributed by atoms with Gasteiger partial charge in [-0.25, -0.2) is 9.97 Å². The minimum absolute atomic E-state index is 0.224. The summed E-state index contributed by atoms with van der Waals surface area (Å²) in [7, 11) is 0. The fraction of sp³-hybridized carbons (Fsp3) is 0.692. The SMILES string of the molecule is Cc1cc(C)nc(NC2CCCCCC2N)n1. The molecule has 0 bridgehead atoms. The molecule has 1 aliphatic carbocycles. The van der Waals surface area contributed by atoms with E-state index < -0.39 is 0 Å². The molecule has 3 N–H and O–H groups in total. The Bertz CT molecular complexity index is 357. The van der Waals surface area contributed by atoms with Crippen molar-refractivity contribution in [3.8, 4) is 0 Å². The van der Waals surface area contributed by atoms with E-state index in [9.17, 15) is 0 Å². The second kappa shape index (κ2) is 5.45. The Hall–Kier alpha value is -1.16. The van der Waals surface area contributed by atoms with Crippen LogP contribution >= 0.6 is 0 Å². The molecule has 0 amide bonds. The molecule has 1 fully saturated rings. The summed E-state index contributed by atoms with van der Waals surface area (Å²) >= 11 is 0. The predicted molar refractivity (Wildman–Crippen MR) is 70.0 cm³/mol. The van der Waals surface area contributed by atoms with Crippen LogP contribution in [0.2, 0.25) is 0 Å². The van der Waals surface area contributed by atoms with Crippen LogP contribution in [0.3, 0.4) is 0 Å². The van der Waals surface area contributed by atoms with Crippen molar-refractivity contribution < 1.29 is 0 Å². The van der Waals surface area contributed by atoms with Crippen LogP contribution < -0.4 is 11.1 Å². The molecule has 0 radical (unpaired) electrons.